The average Bonchev–Trinajstić information content (AvgIpc) is 2.49. The van der Waals surface area contributed by atoms with E-state index < -0.39 is 0 Å². The Kier molecular flexibility index (Phi) is 1.49. The van der Waals surface area contributed by atoms with Crippen LogP contribution >= 0.6 is 11.6 Å². The third-order valence-corrected chi connectivity index (χ3v) is 1.98. The quantitative estimate of drug-likeness (QED) is 0.607. The highest BCUT2D eigenvalue weighted by molar-refractivity contribution is 6.35. The highest BCUT2D eigenvalue weighted by Crippen LogP contribution is 2.22. The Bertz CT molecular complexity index is 467. The van der Waals surface area contributed by atoms with Gasteiger partial charge in [0.25, 0.3) is 0 Å². The van der Waals surface area contributed by atoms with Gasteiger partial charge in [-0.15, -0.1) is 0 Å². The van der Waals surface area contributed by atoms with Crippen LogP contribution in [0.4, 0.5) is 0 Å². The van der Waals surface area contributed by atoms with Crippen molar-refractivity contribution in [1.29, 1.82) is 0 Å². The summed E-state index contributed by atoms with van der Waals surface area (Å²) < 4.78 is 0. The minimum absolute atomic E-state index is 0.655. The molecule has 1 aromatic carbocycles. The fourth-order valence-electron chi connectivity index (χ4n) is 1.09. The summed E-state index contributed by atoms with van der Waals surface area (Å²) in [6, 6.07) is 5.48. The third kappa shape index (κ3) is 0.858. The Morgan fingerprint density at radius 2 is 2.33 bits per heavy atom. The van der Waals surface area contributed by atoms with Crippen molar-refractivity contribution in [3.05, 3.63) is 34.4 Å². The number of hydrogen-bond donors (Lipinski definition) is 0. The van der Waals surface area contributed by atoms with Gasteiger partial charge in [0.15, 0.2) is 18.3 Å². The summed E-state index contributed by atoms with van der Waals surface area (Å²) in [4.78, 5) is 4.78. The number of aromatic nitrogens is 2. The first-order valence-corrected chi connectivity index (χ1v) is 3.74. The lowest BCUT2D eigenvalue weighted by Crippen LogP contribution is -1.84. The largest absolute Gasteiger partial charge is 0.178 e. The van der Waals surface area contributed by atoms with Crippen LogP contribution in [-0.2, 0) is 0 Å². The molecule has 0 aliphatic heterocycles. The van der Waals surface area contributed by atoms with E-state index in [9.17, 15) is 0 Å². The lowest BCUT2D eigenvalue weighted by Gasteiger charge is -1.87. The molecule has 0 unspecified atom stereocenters. The van der Waals surface area contributed by atoms with E-state index in [4.69, 9.17) is 18.2 Å². The van der Waals surface area contributed by atoms with Crippen LogP contribution in [0.5, 0.6) is 0 Å². The van der Waals surface area contributed by atoms with E-state index in [2.05, 4.69) is 10.1 Å². The monoisotopic (exact) mass is 178 g/mol. The number of fused-ring (bicyclic) bond motifs is 1. The molecule has 0 atom stereocenters. The average molecular weight is 179 g/mol. The predicted molar refractivity (Wildman–Crippen MR) is 48.4 cm³/mol. The molecule has 0 spiro atoms. The number of nitrogens with zero attached hydrogens (tertiary/aromatic N) is 3. The van der Waals surface area contributed by atoms with Crippen LogP contribution in [0, 0.1) is 6.57 Å². The van der Waals surface area contributed by atoms with Crippen molar-refractivity contribution in [2.75, 3.05) is 0 Å². The molecule has 0 radical (unpaired) electrons. The van der Waals surface area contributed by atoms with Crippen LogP contribution in [0.3, 0.4) is 0 Å². The van der Waals surface area contributed by atoms with Crippen molar-refractivity contribution in [3.8, 4) is 6.57 Å². The van der Waals surface area contributed by atoms with Crippen LogP contribution in [0.2, 0.25) is 5.02 Å². The Morgan fingerprint density at radius 1 is 1.50 bits per heavy atom. The van der Waals surface area contributed by atoms with Gasteiger partial charge >= 0.3 is 0 Å². The van der Waals surface area contributed by atoms with E-state index in [-0.39, 0.29) is 0 Å². The second-order valence-electron chi connectivity index (χ2n) is 2.32. The summed E-state index contributed by atoms with van der Waals surface area (Å²) in [6.45, 7) is 5.09. The molecule has 0 saturated heterocycles. The number of rotatable bonds is 0. The van der Waals surface area contributed by atoms with Gasteiger partial charge in [-0.3, -0.25) is 0 Å². The first-order chi connectivity index (χ1) is 5.83. The Labute approximate surface area is 74.0 Å². The second-order valence-corrected chi connectivity index (χ2v) is 2.73. The van der Waals surface area contributed by atoms with Crippen LogP contribution in [0.25, 0.3) is 15.9 Å². The standard InChI is InChI=1S/C8H5ClN3/c1-10-12-8-4-2-3-7(9)6(8)5-11-12/h1-5H/q+1. The van der Waals surface area contributed by atoms with Gasteiger partial charge < -0.3 is 0 Å². The van der Waals surface area contributed by atoms with Gasteiger partial charge in [0.05, 0.1) is 20.3 Å². The van der Waals surface area contributed by atoms with Crippen LogP contribution in [0.15, 0.2) is 24.4 Å². The minimum atomic E-state index is 0.655. The second kappa shape index (κ2) is 2.50. The van der Waals surface area contributed by atoms with E-state index in [1.807, 2.05) is 12.1 Å². The lowest BCUT2D eigenvalue weighted by atomic mass is 10.3. The number of halogens is 1. The van der Waals surface area contributed by atoms with Gasteiger partial charge in [0, 0.05) is 0 Å². The molecule has 3 nitrogen and oxygen atoms in total. The van der Waals surface area contributed by atoms with Crippen molar-refractivity contribution < 1.29 is 0 Å². The fourth-order valence-corrected chi connectivity index (χ4v) is 1.31. The summed E-state index contributed by atoms with van der Waals surface area (Å²) in [5.74, 6) is 0. The maximum Gasteiger partial charge on any atom is 0.178 e. The molecule has 0 fully saturated rings. The molecule has 0 N–H and O–H groups in total. The van der Waals surface area contributed by atoms with Crippen molar-refractivity contribution in [2.45, 2.75) is 0 Å². The van der Waals surface area contributed by atoms with Gasteiger partial charge in [-0.2, -0.15) is 0 Å². The topological polar surface area (TPSA) is 22.2 Å². The summed E-state index contributed by atoms with van der Waals surface area (Å²) in [7, 11) is 0. The van der Waals surface area contributed by atoms with Crippen LogP contribution < -0.4 is 0 Å². The maximum absolute atomic E-state index is 5.89. The molecule has 0 bridgehead atoms. The number of benzene rings is 1. The molecule has 2 aromatic rings. The minimum Gasteiger partial charge on any atom is -0.0834 e. The highest BCUT2D eigenvalue weighted by atomic mass is 35.5. The van der Waals surface area contributed by atoms with Crippen molar-refractivity contribution in [3.63, 3.8) is 0 Å². The van der Waals surface area contributed by atoms with E-state index in [0.717, 1.165) is 10.9 Å². The van der Waals surface area contributed by atoms with Crippen molar-refractivity contribution >= 4 is 22.5 Å². The van der Waals surface area contributed by atoms with Gasteiger partial charge in [-0.05, 0) is 12.1 Å². The molecule has 58 valence electrons. The van der Waals surface area contributed by atoms with Gasteiger partial charge in [-0.1, -0.05) is 22.6 Å². The van der Waals surface area contributed by atoms with E-state index in [1.165, 1.54) is 4.79 Å². The highest BCUT2D eigenvalue weighted by Gasteiger charge is 2.10. The van der Waals surface area contributed by atoms with Crippen LogP contribution in [0.1, 0.15) is 0 Å². The van der Waals surface area contributed by atoms with E-state index in [1.54, 1.807) is 12.3 Å². The molecule has 1 aromatic heterocycles. The molecule has 12 heavy (non-hydrogen) atoms. The Hall–Kier alpha value is -1.53. The maximum atomic E-state index is 5.89. The summed E-state index contributed by atoms with van der Waals surface area (Å²) in [6.07, 6.45) is 1.63. The molecular weight excluding hydrogens is 174 g/mol. The summed E-state index contributed by atoms with van der Waals surface area (Å²) >= 11 is 5.89. The summed E-state index contributed by atoms with van der Waals surface area (Å²) in [5, 5.41) is 5.43. The molecule has 0 amide bonds. The molecule has 2 rings (SSSR count). The molecular formula is C8H5ClN3+. The molecule has 0 aliphatic carbocycles. The molecule has 0 saturated carbocycles. The molecule has 4 heteroatoms. The van der Waals surface area contributed by atoms with E-state index >= 15 is 0 Å². The fraction of sp³-hybridized carbons (Fsp3) is 0. The zero-order valence-corrected chi connectivity index (χ0v) is 6.86. The molecule has 1 heterocycles. The SMILES string of the molecule is C#[N+]n1ncc2c(Cl)cccc21. The lowest BCUT2D eigenvalue weighted by molar-refractivity contribution is 0.909. The number of hydrogen-bond acceptors (Lipinski definition) is 1. The first-order valence-electron chi connectivity index (χ1n) is 3.36. The van der Waals surface area contributed by atoms with Gasteiger partial charge in [-0.25, -0.2) is 0 Å². The molecule has 0 aliphatic rings. The zero-order chi connectivity index (χ0) is 8.55. The normalized spacial score (nSPS) is 10.0. The van der Waals surface area contributed by atoms with Crippen LogP contribution in [-0.4, -0.2) is 9.89 Å². The van der Waals surface area contributed by atoms with Crippen molar-refractivity contribution in [2.24, 2.45) is 0 Å². The third-order valence-electron chi connectivity index (χ3n) is 1.65. The van der Waals surface area contributed by atoms with E-state index in [0.29, 0.717) is 5.02 Å². The smallest absolute Gasteiger partial charge is 0.0834 e. The zero-order valence-electron chi connectivity index (χ0n) is 6.11. The summed E-state index contributed by atoms with van der Waals surface area (Å²) in [5.41, 5.74) is 0.810. The van der Waals surface area contributed by atoms with Crippen molar-refractivity contribution in [1.82, 2.24) is 9.89 Å². The van der Waals surface area contributed by atoms with Gasteiger partial charge in [0.1, 0.15) is 0 Å². The first kappa shape index (κ1) is 7.14. The predicted octanol–water partition coefficient (Wildman–Crippen LogP) is 2.42. The van der Waals surface area contributed by atoms with Gasteiger partial charge in [0.2, 0.25) is 0 Å². The Balaban J connectivity index is 2.91. The Morgan fingerprint density at radius 3 is 3.08 bits per heavy atom.